The van der Waals surface area contributed by atoms with Crippen molar-refractivity contribution in [3.8, 4) is 11.5 Å². The number of furan rings is 1. The van der Waals surface area contributed by atoms with Crippen LogP contribution in [0.15, 0.2) is 77.2 Å². The largest absolute Gasteiger partial charge is 0.490 e. The number of hydrogen-bond acceptors (Lipinski definition) is 5. The SMILES string of the molecule is Cc1cc2c3c(c1)N(c1c(C)cc(C(C)(C)C)cc1C)c1oc4ccccc4c1B3c1cc(C(C)(C)C)ccc1N2c1c(C)cc2c(c1C)OCCCO2. The third-order valence-corrected chi connectivity index (χ3v) is 11.8. The Morgan fingerprint density at radius 2 is 1.26 bits per heavy atom. The number of hydrogen-bond donors (Lipinski definition) is 0. The van der Waals surface area contributed by atoms with Crippen LogP contribution in [0.3, 0.4) is 0 Å². The smallest absolute Gasteiger partial charge is 0.257 e. The molecule has 0 aliphatic carbocycles. The first-order valence-electron chi connectivity index (χ1n) is 19.6. The molecule has 5 aromatic carbocycles. The van der Waals surface area contributed by atoms with E-state index >= 15 is 0 Å². The lowest BCUT2D eigenvalue weighted by Crippen LogP contribution is -2.61. The highest BCUT2D eigenvalue weighted by atomic mass is 16.5. The molecule has 6 aromatic rings. The zero-order valence-electron chi connectivity index (χ0n) is 33.7. The van der Waals surface area contributed by atoms with Crippen molar-refractivity contribution in [1.29, 1.82) is 0 Å². The standard InChI is InChI=1S/C48H51BN2O3/c1-27-21-37-42-38(22-27)51(43-28(2)23-33(24-29(43)3)48(9,10)11)46-41(34-15-12-13-16-39(34)54-46)49(42)35-26-32(47(6,7)8)17-18-36(35)50(37)44-30(4)25-40-45(31(44)5)53-20-14-19-52-40/h12-13,15-18,21-26H,14,19-20H2,1-11H3. The number of anilines is 6. The molecule has 0 saturated carbocycles. The number of para-hydroxylation sites is 1. The van der Waals surface area contributed by atoms with E-state index < -0.39 is 0 Å². The van der Waals surface area contributed by atoms with Gasteiger partial charge < -0.3 is 18.8 Å². The van der Waals surface area contributed by atoms with E-state index in [0.717, 1.165) is 57.3 Å². The molecular formula is C48H51BN2O3. The van der Waals surface area contributed by atoms with Gasteiger partial charge in [0.25, 0.3) is 6.71 Å². The number of ether oxygens (including phenoxy) is 2. The second-order valence-corrected chi connectivity index (χ2v) is 17.9. The number of rotatable bonds is 2. The highest BCUT2D eigenvalue weighted by Crippen LogP contribution is 2.51. The van der Waals surface area contributed by atoms with Crippen LogP contribution in [0.4, 0.5) is 34.3 Å². The second-order valence-electron chi connectivity index (χ2n) is 17.9. The van der Waals surface area contributed by atoms with Gasteiger partial charge in [-0.25, -0.2) is 0 Å². The van der Waals surface area contributed by atoms with Gasteiger partial charge in [-0.3, -0.25) is 4.90 Å². The number of fused-ring (bicyclic) bond motifs is 7. The molecular weight excluding hydrogens is 663 g/mol. The van der Waals surface area contributed by atoms with Gasteiger partial charge in [0, 0.05) is 39.9 Å². The van der Waals surface area contributed by atoms with Crippen molar-refractivity contribution in [2.45, 2.75) is 93.4 Å². The Bertz CT molecular complexity index is 2510. The van der Waals surface area contributed by atoms with Crippen molar-refractivity contribution in [3.63, 3.8) is 0 Å². The maximum absolute atomic E-state index is 7.08. The molecule has 0 saturated heterocycles. The minimum absolute atomic E-state index is 0.0292. The fraction of sp³-hybridized carbons (Fsp3) is 0.333. The van der Waals surface area contributed by atoms with Crippen LogP contribution < -0.4 is 35.7 Å². The summed E-state index contributed by atoms with van der Waals surface area (Å²) in [6, 6.07) is 27.5. The van der Waals surface area contributed by atoms with Gasteiger partial charge in [0.05, 0.1) is 24.6 Å². The van der Waals surface area contributed by atoms with E-state index in [1.165, 1.54) is 61.3 Å². The van der Waals surface area contributed by atoms with Crippen molar-refractivity contribution in [1.82, 2.24) is 0 Å². The Morgan fingerprint density at radius 3 is 1.96 bits per heavy atom. The zero-order valence-corrected chi connectivity index (χ0v) is 33.7. The van der Waals surface area contributed by atoms with Gasteiger partial charge in [-0.1, -0.05) is 84.0 Å². The fourth-order valence-electron chi connectivity index (χ4n) is 9.24. The van der Waals surface area contributed by atoms with Crippen LogP contribution in [0.5, 0.6) is 11.5 Å². The van der Waals surface area contributed by atoms with Crippen molar-refractivity contribution in [2.24, 2.45) is 0 Å². The predicted molar refractivity (Wildman–Crippen MR) is 227 cm³/mol. The van der Waals surface area contributed by atoms with Gasteiger partial charge in [0.2, 0.25) is 5.88 Å². The molecule has 3 aliphatic heterocycles. The van der Waals surface area contributed by atoms with Crippen molar-refractivity contribution >= 4 is 68.4 Å². The summed E-state index contributed by atoms with van der Waals surface area (Å²) in [5, 5.41) is 1.16. The average Bonchev–Trinajstić information content (AvgIpc) is 3.32. The summed E-state index contributed by atoms with van der Waals surface area (Å²) in [4.78, 5) is 4.97. The molecule has 6 heteroatoms. The molecule has 0 spiro atoms. The van der Waals surface area contributed by atoms with Gasteiger partial charge in [-0.15, -0.1) is 0 Å². The Balaban J connectivity index is 1.42. The molecule has 0 unspecified atom stereocenters. The number of benzene rings is 5. The molecule has 274 valence electrons. The molecule has 0 atom stereocenters. The highest BCUT2D eigenvalue weighted by Gasteiger charge is 2.47. The van der Waals surface area contributed by atoms with Crippen LogP contribution in [0.2, 0.25) is 0 Å². The van der Waals surface area contributed by atoms with E-state index in [1.54, 1.807) is 0 Å². The summed E-state index contributed by atoms with van der Waals surface area (Å²) in [5.41, 5.74) is 19.1. The molecule has 0 amide bonds. The van der Waals surface area contributed by atoms with Crippen LogP contribution in [-0.2, 0) is 10.8 Å². The Kier molecular flexibility index (Phi) is 7.67. The summed E-state index contributed by atoms with van der Waals surface area (Å²) in [5.74, 6) is 2.59. The molecule has 1 aromatic heterocycles. The maximum Gasteiger partial charge on any atom is 0.257 e. The van der Waals surface area contributed by atoms with Gasteiger partial charge in [0.15, 0.2) is 11.5 Å². The Hall–Kier alpha value is -5.10. The molecule has 9 rings (SSSR count). The monoisotopic (exact) mass is 714 g/mol. The molecule has 54 heavy (non-hydrogen) atoms. The quantitative estimate of drug-likeness (QED) is 0.167. The summed E-state index contributed by atoms with van der Waals surface area (Å²) < 4.78 is 19.8. The summed E-state index contributed by atoms with van der Waals surface area (Å²) in [6.45, 7) is 26.2. The minimum atomic E-state index is -0.0467. The molecule has 3 aliphatic rings. The molecule has 0 bridgehead atoms. The van der Waals surface area contributed by atoms with E-state index in [0.29, 0.717) is 13.2 Å². The van der Waals surface area contributed by atoms with Crippen LogP contribution in [0, 0.1) is 34.6 Å². The van der Waals surface area contributed by atoms with Crippen molar-refractivity contribution in [3.05, 3.63) is 112 Å². The van der Waals surface area contributed by atoms with E-state index in [-0.39, 0.29) is 17.5 Å². The summed E-state index contributed by atoms with van der Waals surface area (Å²) in [6.07, 6.45) is 0.865. The third kappa shape index (κ3) is 5.12. The van der Waals surface area contributed by atoms with Crippen LogP contribution >= 0.6 is 0 Å². The van der Waals surface area contributed by atoms with Gasteiger partial charge >= 0.3 is 0 Å². The van der Waals surface area contributed by atoms with Gasteiger partial charge in [-0.05, 0) is 120 Å². The first-order valence-corrected chi connectivity index (χ1v) is 19.6. The molecule has 0 radical (unpaired) electrons. The van der Waals surface area contributed by atoms with Crippen molar-refractivity contribution in [2.75, 3.05) is 23.0 Å². The molecule has 5 nitrogen and oxygen atoms in total. The Labute approximate surface area is 321 Å². The van der Waals surface area contributed by atoms with E-state index in [4.69, 9.17) is 13.9 Å². The Morgan fingerprint density at radius 1 is 0.611 bits per heavy atom. The lowest BCUT2D eigenvalue weighted by molar-refractivity contribution is 0.296. The molecule has 4 heterocycles. The van der Waals surface area contributed by atoms with Gasteiger partial charge in [0.1, 0.15) is 5.58 Å². The normalized spacial score (nSPS) is 14.9. The van der Waals surface area contributed by atoms with Gasteiger partial charge in [-0.2, -0.15) is 0 Å². The average molecular weight is 715 g/mol. The number of nitrogens with zero attached hydrogens (tertiary/aromatic N) is 2. The van der Waals surface area contributed by atoms with Crippen LogP contribution in [0.1, 0.15) is 86.9 Å². The lowest BCUT2D eigenvalue weighted by Gasteiger charge is -2.44. The maximum atomic E-state index is 7.08. The fourth-order valence-corrected chi connectivity index (χ4v) is 9.24. The third-order valence-electron chi connectivity index (χ3n) is 11.8. The van der Waals surface area contributed by atoms with Crippen molar-refractivity contribution < 1.29 is 13.9 Å². The molecule has 0 fully saturated rings. The zero-order chi connectivity index (χ0) is 38.0. The minimum Gasteiger partial charge on any atom is -0.490 e. The topological polar surface area (TPSA) is 38.1 Å². The van der Waals surface area contributed by atoms with E-state index in [1.807, 2.05) is 0 Å². The summed E-state index contributed by atoms with van der Waals surface area (Å²) in [7, 11) is 0. The predicted octanol–water partition coefficient (Wildman–Crippen LogP) is 10.8. The first kappa shape index (κ1) is 34.7. The lowest BCUT2D eigenvalue weighted by atomic mass is 9.33. The van der Waals surface area contributed by atoms with E-state index in [9.17, 15) is 0 Å². The van der Waals surface area contributed by atoms with E-state index in [2.05, 4.69) is 159 Å². The number of aryl methyl sites for hydroxylation is 4. The summed E-state index contributed by atoms with van der Waals surface area (Å²) >= 11 is 0. The van der Waals surface area contributed by atoms with Crippen LogP contribution in [0.25, 0.3) is 11.0 Å². The molecule has 0 N–H and O–H groups in total. The second kappa shape index (κ2) is 12.0. The first-order chi connectivity index (χ1) is 25.6. The highest BCUT2D eigenvalue weighted by molar-refractivity contribution is 7.01. The van der Waals surface area contributed by atoms with Crippen LogP contribution in [-0.4, -0.2) is 19.9 Å².